The van der Waals surface area contributed by atoms with Crippen molar-refractivity contribution < 1.29 is 22.4 Å². The minimum Gasteiger partial charge on any atom is -0.307 e. The average Bonchev–Trinajstić information content (AvgIpc) is 3.41. The molecule has 0 saturated carbocycles. The van der Waals surface area contributed by atoms with Crippen molar-refractivity contribution in [3.05, 3.63) is 77.7 Å². The number of rotatable bonds is 7. The lowest BCUT2D eigenvalue weighted by atomic mass is 10.0. The second-order valence-corrected chi connectivity index (χ2v) is 7.24. The number of carbonyl (C=O) groups excluding carboxylic acids is 1. The smallest absolute Gasteiger partial charge is 0.282 e. The molecule has 2 heterocycles. The van der Waals surface area contributed by atoms with Gasteiger partial charge in [-0.3, -0.25) is 14.2 Å². The third-order valence-corrected chi connectivity index (χ3v) is 5.08. The van der Waals surface area contributed by atoms with Crippen molar-refractivity contribution in [1.82, 2.24) is 19.6 Å². The highest BCUT2D eigenvalue weighted by Gasteiger charge is 2.27. The van der Waals surface area contributed by atoms with E-state index in [0.717, 1.165) is 16.3 Å². The highest BCUT2D eigenvalue weighted by molar-refractivity contribution is 5.92. The summed E-state index contributed by atoms with van der Waals surface area (Å²) in [6, 6.07) is 14.8. The molecule has 0 bridgehead atoms. The van der Waals surface area contributed by atoms with Crippen molar-refractivity contribution in [2.45, 2.75) is 32.4 Å². The van der Waals surface area contributed by atoms with E-state index in [2.05, 4.69) is 15.5 Å². The largest absolute Gasteiger partial charge is 0.307 e. The number of amides is 1. The Balaban J connectivity index is 1.49. The van der Waals surface area contributed by atoms with Crippen LogP contribution in [0.4, 0.5) is 23.4 Å². The number of anilines is 1. The molecule has 2 aromatic carbocycles. The molecule has 0 aliphatic rings. The maximum absolute atomic E-state index is 13.2. The van der Waals surface area contributed by atoms with Crippen LogP contribution in [0.5, 0.6) is 0 Å². The van der Waals surface area contributed by atoms with E-state index < -0.39 is 36.2 Å². The summed E-state index contributed by atoms with van der Waals surface area (Å²) in [5.41, 5.74) is -0.515. The van der Waals surface area contributed by atoms with Crippen LogP contribution in [0.25, 0.3) is 10.8 Å². The van der Waals surface area contributed by atoms with Gasteiger partial charge in [0.15, 0.2) is 5.82 Å². The highest BCUT2D eigenvalue weighted by Crippen LogP contribution is 2.28. The molecule has 10 heteroatoms. The van der Waals surface area contributed by atoms with E-state index in [9.17, 15) is 22.4 Å². The summed E-state index contributed by atoms with van der Waals surface area (Å²) < 4.78 is 54.5. The third kappa shape index (κ3) is 4.34. The number of nitrogens with zero attached hydrogens (tertiary/aromatic N) is 4. The van der Waals surface area contributed by atoms with E-state index in [-0.39, 0.29) is 5.82 Å². The number of hydrogen-bond donors (Lipinski definition) is 1. The zero-order valence-electron chi connectivity index (χ0n) is 16.9. The Bertz CT molecular complexity index is 1240. The molecule has 1 atom stereocenters. The molecular formula is C22H19F4N5O. The molecule has 0 aliphatic heterocycles. The van der Waals surface area contributed by atoms with Gasteiger partial charge >= 0.3 is 0 Å². The number of hydrogen-bond acceptors (Lipinski definition) is 3. The predicted octanol–water partition coefficient (Wildman–Crippen LogP) is 5.36. The Hall–Kier alpha value is -3.69. The van der Waals surface area contributed by atoms with Crippen molar-refractivity contribution >= 4 is 22.5 Å². The topological polar surface area (TPSA) is 64.7 Å². The number of carbonyl (C=O) groups is 1. The number of aromatic nitrogens is 4. The molecule has 0 radical (unpaired) electrons. The number of fused-ring (bicyclic) bond motifs is 1. The van der Waals surface area contributed by atoms with E-state index >= 15 is 0 Å². The van der Waals surface area contributed by atoms with E-state index in [1.165, 1.54) is 6.92 Å². The molecule has 32 heavy (non-hydrogen) atoms. The Morgan fingerprint density at radius 1 is 1.00 bits per heavy atom. The van der Waals surface area contributed by atoms with Gasteiger partial charge in [0.25, 0.3) is 12.9 Å². The minimum atomic E-state index is -3.05. The summed E-state index contributed by atoms with van der Waals surface area (Å²) in [5.74, 6) is -0.492. The van der Waals surface area contributed by atoms with Gasteiger partial charge in [-0.1, -0.05) is 42.5 Å². The summed E-state index contributed by atoms with van der Waals surface area (Å²) in [5, 5.41) is 12.5. The van der Waals surface area contributed by atoms with Gasteiger partial charge in [0.2, 0.25) is 5.91 Å². The predicted molar refractivity (Wildman–Crippen MR) is 111 cm³/mol. The standard InChI is InChI=1S/C22H19F4N5O/c1-13(31-18(21(25)26)11-17(28-31)20(23)24)22(32)27-19-9-10-30(29-19)12-15-7-4-6-14-5-2-3-8-16(14)15/h2-11,13,20-21H,12H2,1H3,(H,27,29,32). The fourth-order valence-corrected chi connectivity index (χ4v) is 3.47. The first-order chi connectivity index (χ1) is 15.3. The van der Waals surface area contributed by atoms with Crippen LogP contribution in [0.3, 0.4) is 0 Å². The summed E-state index contributed by atoms with van der Waals surface area (Å²) >= 11 is 0. The Morgan fingerprint density at radius 3 is 2.50 bits per heavy atom. The fourth-order valence-electron chi connectivity index (χ4n) is 3.47. The molecule has 166 valence electrons. The van der Waals surface area contributed by atoms with Gasteiger partial charge in [-0.25, -0.2) is 17.6 Å². The molecule has 4 rings (SSSR count). The monoisotopic (exact) mass is 445 g/mol. The third-order valence-electron chi connectivity index (χ3n) is 5.08. The summed E-state index contributed by atoms with van der Waals surface area (Å²) in [7, 11) is 0. The van der Waals surface area contributed by atoms with Gasteiger partial charge in [-0.05, 0) is 29.3 Å². The normalized spacial score (nSPS) is 12.6. The first-order valence-electron chi connectivity index (χ1n) is 9.80. The van der Waals surface area contributed by atoms with Gasteiger partial charge in [-0.15, -0.1) is 0 Å². The van der Waals surface area contributed by atoms with Crippen molar-refractivity contribution in [2.75, 3.05) is 5.32 Å². The molecule has 1 N–H and O–H groups in total. The quantitative estimate of drug-likeness (QED) is 0.390. The molecule has 1 amide bonds. The first-order valence-corrected chi connectivity index (χ1v) is 9.80. The van der Waals surface area contributed by atoms with Crippen LogP contribution >= 0.6 is 0 Å². The molecule has 6 nitrogen and oxygen atoms in total. The van der Waals surface area contributed by atoms with Crippen LogP contribution < -0.4 is 5.32 Å². The second kappa shape index (κ2) is 8.81. The lowest BCUT2D eigenvalue weighted by Gasteiger charge is -2.14. The van der Waals surface area contributed by atoms with Crippen LogP contribution in [0.15, 0.2) is 60.8 Å². The maximum Gasteiger partial charge on any atom is 0.282 e. The molecule has 1 unspecified atom stereocenters. The molecule has 4 aromatic rings. The molecule has 0 aliphatic carbocycles. The van der Waals surface area contributed by atoms with Gasteiger partial charge in [0.05, 0.1) is 6.54 Å². The number of alkyl halides is 4. The van der Waals surface area contributed by atoms with Crippen LogP contribution in [0.2, 0.25) is 0 Å². The first kappa shape index (κ1) is 21.5. The van der Waals surface area contributed by atoms with E-state index in [4.69, 9.17) is 0 Å². The van der Waals surface area contributed by atoms with Gasteiger partial charge < -0.3 is 5.32 Å². The molecule has 2 aromatic heterocycles. The van der Waals surface area contributed by atoms with Crippen molar-refractivity contribution in [2.24, 2.45) is 0 Å². The van der Waals surface area contributed by atoms with Crippen LogP contribution in [0, 0.1) is 0 Å². The number of nitrogens with one attached hydrogen (secondary N) is 1. The fraction of sp³-hybridized carbons (Fsp3) is 0.227. The van der Waals surface area contributed by atoms with E-state index in [1.54, 1.807) is 16.9 Å². The van der Waals surface area contributed by atoms with Crippen LogP contribution in [-0.4, -0.2) is 25.5 Å². The maximum atomic E-state index is 13.2. The highest BCUT2D eigenvalue weighted by atomic mass is 19.3. The molecule has 0 spiro atoms. The van der Waals surface area contributed by atoms with Crippen LogP contribution in [-0.2, 0) is 11.3 Å². The van der Waals surface area contributed by atoms with Crippen LogP contribution in [0.1, 0.15) is 42.8 Å². The summed E-state index contributed by atoms with van der Waals surface area (Å²) in [6.07, 6.45) is -4.39. The van der Waals surface area contributed by atoms with Gasteiger partial charge in [-0.2, -0.15) is 10.2 Å². The number of benzene rings is 2. The Morgan fingerprint density at radius 2 is 1.75 bits per heavy atom. The van der Waals surface area contributed by atoms with Gasteiger partial charge in [0.1, 0.15) is 17.4 Å². The van der Waals surface area contributed by atoms with E-state index in [1.807, 2.05) is 42.5 Å². The van der Waals surface area contributed by atoms with Gasteiger partial charge in [0, 0.05) is 12.3 Å². The molecular weight excluding hydrogens is 426 g/mol. The average molecular weight is 445 g/mol. The second-order valence-electron chi connectivity index (χ2n) is 7.24. The van der Waals surface area contributed by atoms with E-state index in [0.29, 0.717) is 17.3 Å². The molecule has 0 saturated heterocycles. The zero-order valence-corrected chi connectivity index (χ0v) is 16.9. The summed E-state index contributed by atoms with van der Waals surface area (Å²) in [4.78, 5) is 12.6. The SMILES string of the molecule is CC(C(=O)Nc1ccn(Cc2cccc3ccccc23)n1)n1nc(C(F)F)cc1C(F)F. The lowest BCUT2D eigenvalue weighted by molar-refractivity contribution is -0.119. The lowest BCUT2D eigenvalue weighted by Crippen LogP contribution is -2.26. The van der Waals surface area contributed by atoms with Crippen molar-refractivity contribution in [1.29, 1.82) is 0 Å². The van der Waals surface area contributed by atoms with Crippen molar-refractivity contribution in [3.63, 3.8) is 0 Å². The number of halogens is 4. The minimum absolute atomic E-state index is 0.210. The summed E-state index contributed by atoms with van der Waals surface area (Å²) in [6.45, 7) is 1.76. The molecule has 0 fully saturated rings. The zero-order chi connectivity index (χ0) is 22.8. The Kier molecular flexibility index (Phi) is 5.93. The Labute approximate surface area is 180 Å². The van der Waals surface area contributed by atoms with Crippen molar-refractivity contribution in [3.8, 4) is 0 Å².